The van der Waals surface area contributed by atoms with Crippen LogP contribution < -0.4 is 15.5 Å². The van der Waals surface area contributed by atoms with Crippen LogP contribution in [0.25, 0.3) is 0 Å². The zero-order valence-electron chi connectivity index (χ0n) is 10.6. The van der Waals surface area contributed by atoms with E-state index in [4.69, 9.17) is 17.0 Å². The van der Waals surface area contributed by atoms with Gasteiger partial charge in [-0.15, -0.1) is 0 Å². The van der Waals surface area contributed by atoms with Gasteiger partial charge in [-0.2, -0.15) is 0 Å². The van der Waals surface area contributed by atoms with Crippen molar-refractivity contribution in [3.05, 3.63) is 24.3 Å². The van der Waals surface area contributed by atoms with Crippen LogP contribution in [0, 0.1) is 0 Å². The molecule has 0 aliphatic carbocycles. The largest absolute Gasteiger partial charge is 0.497 e. The fraction of sp³-hybridized carbons (Fsp3) is 0.462. The highest BCUT2D eigenvalue weighted by molar-refractivity contribution is 7.80. The van der Waals surface area contributed by atoms with Crippen molar-refractivity contribution in [2.45, 2.75) is 19.3 Å². The van der Waals surface area contributed by atoms with Crippen molar-refractivity contribution in [1.29, 1.82) is 0 Å². The molecule has 0 unspecified atom stereocenters. The molecule has 0 amide bonds. The Labute approximate surface area is 113 Å². The third kappa shape index (κ3) is 3.85. The predicted molar refractivity (Wildman–Crippen MR) is 77.8 cm³/mol. The van der Waals surface area contributed by atoms with Gasteiger partial charge in [0, 0.05) is 18.8 Å². The van der Waals surface area contributed by atoms with Crippen molar-refractivity contribution >= 4 is 23.0 Å². The summed E-state index contributed by atoms with van der Waals surface area (Å²) in [4.78, 5) is 0. The van der Waals surface area contributed by atoms with Gasteiger partial charge in [0.15, 0.2) is 5.11 Å². The molecule has 0 radical (unpaired) electrons. The standard InChI is InChI=1S/C13H19N3OS/c1-17-12-7-5-11(6-8-12)14-13(18)15-16-9-3-2-4-10-16/h5-8H,2-4,9-10H2,1H3,(H2,14,15,18). The summed E-state index contributed by atoms with van der Waals surface area (Å²) >= 11 is 5.28. The Morgan fingerprint density at radius 2 is 1.83 bits per heavy atom. The molecule has 18 heavy (non-hydrogen) atoms. The Hall–Kier alpha value is -1.33. The maximum Gasteiger partial charge on any atom is 0.185 e. The monoisotopic (exact) mass is 265 g/mol. The minimum Gasteiger partial charge on any atom is -0.497 e. The smallest absolute Gasteiger partial charge is 0.185 e. The molecule has 1 aromatic rings. The lowest BCUT2D eigenvalue weighted by atomic mass is 10.2. The SMILES string of the molecule is COc1ccc(NC(=S)NN2CCCCC2)cc1. The van der Waals surface area contributed by atoms with Gasteiger partial charge in [0.25, 0.3) is 0 Å². The number of benzene rings is 1. The average molecular weight is 265 g/mol. The van der Waals surface area contributed by atoms with E-state index >= 15 is 0 Å². The van der Waals surface area contributed by atoms with Gasteiger partial charge < -0.3 is 10.1 Å². The molecule has 0 saturated carbocycles. The van der Waals surface area contributed by atoms with Crippen LogP contribution in [0.15, 0.2) is 24.3 Å². The molecule has 2 rings (SSSR count). The van der Waals surface area contributed by atoms with Crippen molar-refractivity contribution in [2.75, 3.05) is 25.5 Å². The van der Waals surface area contributed by atoms with Crippen molar-refractivity contribution in [2.24, 2.45) is 0 Å². The molecule has 1 fully saturated rings. The zero-order chi connectivity index (χ0) is 12.8. The normalized spacial score (nSPS) is 16.1. The molecule has 1 heterocycles. The third-order valence-electron chi connectivity index (χ3n) is 2.96. The molecule has 5 heteroatoms. The Morgan fingerprint density at radius 3 is 2.44 bits per heavy atom. The van der Waals surface area contributed by atoms with E-state index in [1.54, 1.807) is 7.11 Å². The molecule has 1 aliphatic rings. The fourth-order valence-electron chi connectivity index (χ4n) is 1.98. The topological polar surface area (TPSA) is 36.5 Å². The van der Waals surface area contributed by atoms with Crippen LogP contribution in [-0.4, -0.2) is 30.3 Å². The van der Waals surface area contributed by atoms with Crippen LogP contribution in [0.3, 0.4) is 0 Å². The number of nitrogens with one attached hydrogen (secondary N) is 2. The predicted octanol–water partition coefficient (Wildman–Crippen LogP) is 2.38. The van der Waals surface area contributed by atoms with E-state index < -0.39 is 0 Å². The Kier molecular flexibility index (Phi) is 4.78. The van der Waals surface area contributed by atoms with Crippen molar-refractivity contribution < 1.29 is 4.74 Å². The maximum absolute atomic E-state index is 5.28. The first-order chi connectivity index (χ1) is 8.78. The third-order valence-corrected chi connectivity index (χ3v) is 3.16. The molecule has 1 aliphatic heterocycles. The van der Waals surface area contributed by atoms with Crippen molar-refractivity contribution in [3.63, 3.8) is 0 Å². The Balaban J connectivity index is 1.82. The molecule has 0 atom stereocenters. The number of anilines is 1. The first kappa shape index (κ1) is 13.1. The number of nitrogens with zero attached hydrogens (tertiary/aromatic N) is 1. The summed E-state index contributed by atoms with van der Waals surface area (Å²) in [5.41, 5.74) is 4.18. The van der Waals surface area contributed by atoms with Gasteiger partial charge >= 0.3 is 0 Å². The first-order valence-corrected chi connectivity index (χ1v) is 6.65. The summed E-state index contributed by atoms with van der Waals surface area (Å²) in [6.45, 7) is 2.12. The number of hydrogen-bond acceptors (Lipinski definition) is 3. The van der Waals surface area contributed by atoms with Crippen molar-refractivity contribution in [1.82, 2.24) is 10.4 Å². The van der Waals surface area contributed by atoms with Gasteiger partial charge in [-0.05, 0) is 49.3 Å². The minimum absolute atomic E-state index is 0.641. The highest BCUT2D eigenvalue weighted by Gasteiger charge is 2.10. The molecule has 98 valence electrons. The molecule has 1 saturated heterocycles. The van der Waals surface area contributed by atoms with Crippen molar-refractivity contribution in [3.8, 4) is 5.75 Å². The maximum atomic E-state index is 5.28. The van der Waals surface area contributed by atoms with E-state index in [1.165, 1.54) is 19.3 Å². The molecule has 2 N–H and O–H groups in total. The molecule has 1 aromatic carbocycles. The number of thiocarbonyl (C=S) groups is 1. The fourth-order valence-corrected chi connectivity index (χ4v) is 2.23. The minimum atomic E-state index is 0.641. The Bertz CT molecular complexity index is 388. The summed E-state index contributed by atoms with van der Waals surface area (Å²) in [6, 6.07) is 7.71. The zero-order valence-corrected chi connectivity index (χ0v) is 11.4. The average Bonchev–Trinajstić information content (AvgIpc) is 2.40. The second-order valence-corrected chi connectivity index (χ2v) is 4.75. The Morgan fingerprint density at radius 1 is 1.17 bits per heavy atom. The van der Waals surface area contributed by atoms with Gasteiger partial charge in [0.1, 0.15) is 5.75 Å². The van der Waals surface area contributed by atoms with Gasteiger partial charge in [-0.25, -0.2) is 5.01 Å². The van der Waals surface area contributed by atoms with E-state index in [1.807, 2.05) is 24.3 Å². The molecule has 0 aromatic heterocycles. The quantitative estimate of drug-likeness (QED) is 0.821. The number of hydrazine groups is 1. The second-order valence-electron chi connectivity index (χ2n) is 4.34. The van der Waals surface area contributed by atoms with Gasteiger partial charge in [-0.3, -0.25) is 5.43 Å². The van der Waals surface area contributed by atoms with E-state index in [0.717, 1.165) is 24.5 Å². The van der Waals surface area contributed by atoms with Gasteiger partial charge in [0.05, 0.1) is 7.11 Å². The lowest BCUT2D eigenvalue weighted by molar-refractivity contribution is 0.196. The highest BCUT2D eigenvalue weighted by Crippen LogP contribution is 2.15. The summed E-state index contributed by atoms with van der Waals surface area (Å²) in [5.74, 6) is 0.843. The summed E-state index contributed by atoms with van der Waals surface area (Å²) in [5, 5.41) is 5.97. The molecule has 4 nitrogen and oxygen atoms in total. The number of methoxy groups -OCH3 is 1. The van der Waals surface area contributed by atoms with Gasteiger partial charge in [0.2, 0.25) is 0 Å². The number of piperidine rings is 1. The summed E-state index contributed by atoms with van der Waals surface area (Å²) < 4.78 is 5.11. The van der Waals surface area contributed by atoms with Gasteiger partial charge in [-0.1, -0.05) is 6.42 Å². The second kappa shape index (κ2) is 6.56. The lowest BCUT2D eigenvalue weighted by Crippen LogP contribution is -2.46. The molecular formula is C13H19N3OS. The van der Waals surface area contributed by atoms with Crippen LogP contribution >= 0.6 is 12.2 Å². The lowest BCUT2D eigenvalue weighted by Gasteiger charge is -2.28. The number of hydrogen-bond donors (Lipinski definition) is 2. The number of rotatable bonds is 3. The molecule has 0 spiro atoms. The highest BCUT2D eigenvalue weighted by atomic mass is 32.1. The number of ether oxygens (including phenoxy) is 1. The van der Waals surface area contributed by atoms with E-state index in [9.17, 15) is 0 Å². The summed E-state index contributed by atoms with van der Waals surface area (Å²) in [6.07, 6.45) is 3.78. The molecule has 0 bridgehead atoms. The van der Waals surface area contributed by atoms with Crippen LogP contribution in [0.5, 0.6) is 5.75 Å². The van der Waals surface area contributed by atoms with Crippen LogP contribution in [0.1, 0.15) is 19.3 Å². The van der Waals surface area contributed by atoms with E-state index in [0.29, 0.717) is 5.11 Å². The van der Waals surface area contributed by atoms with E-state index in [2.05, 4.69) is 15.8 Å². The summed E-state index contributed by atoms with van der Waals surface area (Å²) in [7, 11) is 1.66. The first-order valence-electron chi connectivity index (χ1n) is 6.24. The molecular weight excluding hydrogens is 246 g/mol. The van der Waals surface area contributed by atoms with E-state index in [-0.39, 0.29) is 0 Å². The van der Waals surface area contributed by atoms with Crippen LogP contribution in [-0.2, 0) is 0 Å². The van der Waals surface area contributed by atoms with Crippen LogP contribution in [0.2, 0.25) is 0 Å². The van der Waals surface area contributed by atoms with Crippen LogP contribution in [0.4, 0.5) is 5.69 Å².